The van der Waals surface area contributed by atoms with Gasteiger partial charge in [0, 0.05) is 19.0 Å². The number of halogens is 1. The second kappa shape index (κ2) is 10.6. The minimum absolute atomic E-state index is 0.103. The van der Waals surface area contributed by atoms with Crippen molar-refractivity contribution in [3.05, 3.63) is 56.6 Å². The number of aliphatic hydroxyl groups is 1. The summed E-state index contributed by atoms with van der Waals surface area (Å²) in [7, 11) is 0. The fraction of sp³-hybridized carbons (Fsp3) is 0.462. The monoisotopic (exact) mass is 622 g/mol. The number of rotatable bonds is 6. The Morgan fingerprint density at radius 1 is 1.28 bits per heavy atom. The van der Waals surface area contributed by atoms with Crippen molar-refractivity contribution in [2.24, 2.45) is 5.41 Å². The molecule has 0 aliphatic carbocycles. The Labute approximate surface area is 228 Å². The molecule has 0 radical (unpaired) electrons. The number of nitrogens with zero attached hydrogens (tertiary/aromatic N) is 3. The molecule has 0 bridgehead atoms. The number of carbonyl (C=O) groups is 2. The van der Waals surface area contributed by atoms with Crippen LogP contribution in [0.5, 0.6) is 0 Å². The molecule has 36 heavy (non-hydrogen) atoms. The zero-order chi connectivity index (χ0) is 26.2. The lowest BCUT2D eigenvalue weighted by Crippen LogP contribution is -2.49. The van der Waals surface area contributed by atoms with Crippen LogP contribution in [0.3, 0.4) is 0 Å². The Morgan fingerprint density at radius 2 is 1.97 bits per heavy atom. The maximum absolute atomic E-state index is 13.7. The zero-order valence-electron chi connectivity index (χ0n) is 21.0. The predicted molar refractivity (Wildman–Crippen MR) is 146 cm³/mol. The molecule has 192 valence electrons. The van der Waals surface area contributed by atoms with Crippen LogP contribution in [0.25, 0.3) is 10.4 Å². The Hall–Kier alpha value is -2.31. The van der Waals surface area contributed by atoms with E-state index in [9.17, 15) is 14.7 Å². The van der Waals surface area contributed by atoms with Gasteiger partial charge >= 0.3 is 0 Å². The van der Waals surface area contributed by atoms with Crippen molar-refractivity contribution in [1.82, 2.24) is 20.4 Å². The Morgan fingerprint density at radius 3 is 2.53 bits per heavy atom. The molecule has 2 N–H and O–H groups in total. The number of likely N-dealkylation sites (tertiary alicyclic amines) is 1. The van der Waals surface area contributed by atoms with Crippen LogP contribution >= 0.6 is 33.9 Å². The van der Waals surface area contributed by atoms with Crippen LogP contribution < -0.4 is 5.32 Å². The van der Waals surface area contributed by atoms with E-state index in [1.807, 2.05) is 87.0 Å². The third kappa shape index (κ3) is 5.65. The number of nitrogens with one attached hydrogen (secondary N) is 1. The second-order valence-corrected chi connectivity index (χ2v) is 12.3. The molecule has 10 heteroatoms. The minimum Gasteiger partial charge on any atom is -0.391 e. The van der Waals surface area contributed by atoms with Gasteiger partial charge in [-0.15, -0.1) is 11.3 Å². The first-order valence-electron chi connectivity index (χ1n) is 11.9. The number of carbonyl (C=O) groups excluding carboxylic acids is 2. The number of aryl methyl sites for hydroxylation is 1. The number of amides is 2. The topological polar surface area (TPSA) is 109 Å². The number of aromatic nitrogens is 2. The van der Waals surface area contributed by atoms with Crippen molar-refractivity contribution in [2.75, 3.05) is 6.54 Å². The van der Waals surface area contributed by atoms with Gasteiger partial charge in [-0.05, 0) is 53.0 Å². The van der Waals surface area contributed by atoms with Gasteiger partial charge in [0.2, 0.25) is 11.8 Å². The fourth-order valence-corrected chi connectivity index (χ4v) is 5.91. The van der Waals surface area contributed by atoms with E-state index < -0.39 is 23.5 Å². The molecule has 8 nitrogen and oxygen atoms in total. The molecule has 2 aromatic heterocycles. The molecule has 2 amide bonds. The molecule has 3 aromatic rings. The standard InChI is InChI=1S/C26H31IN4O4S/c1-14(16-6-8-17(9-7-16)23-15(2)28-13-36-23)29-24(33)19-10-18(32)12-31(19)25(34)22(26(3,4)5)20-11-21(27)30-35-20/h6-9,11,13-14,18-19,22,32H,10,12H2,1-5H3,(H,29,33)/t14-,18-,19+,22-/m1/s1. The summed E-state index contributed by atoms with van der Waals surface area (Å²) in [6.07, 6.45) is -0.573. The van der Waals surface area contributed by atoms with Crippen LogP contribution in [0.15, 0.2) is 40.4 Å². The van der Waals surface area contributed by atoms with Gasteiger partial charge in [-0.3, -0.25) is 9.59 Å². The maximum Gasteiger partial charge on any atom is 0.243 e. The highest BCUT2D eigenvalue weighted by Gasteiger charge is 2.46. The average Bonchev–Trinajstić information content (AvgIpc) is 3.53. The van der Waals surface area contributed by atoms with Crippen molar-refractivity contribution in [3.63, 3.8) is 0 Å². The Bertz CT molecular complexity index is 1230. The SMILES string of the molecule is Cc1ncsc1-c1ccc([C@@H](C)NC(=O)[C@@H]2C[C@@H](O)CN2C(=O)[C@@H](c2cc(I)no2)C(C)(C)C)cc1. The minimum atomic E-state index is -0.766. The summed E-state index contributed by atoms with van der Waals surface area (Å²) in [5.41, 5.74) is 4.39. The zero-order valence-corrected chi connectivity index (χ0v) is 24.0. The van der Waals surface area contributed by atoms with Gasteiger partial charge < -0.3 is 19.8 Å². The van der Waals surface area contributed by atoms with Crippen LogP contribution in [0, 0.1) is 16.0 Å². The molecule has 4 atom stereocenters. The van der Waals surface area contributed by atoms with Crippen LogP contribution in [0.4, 0.5) is 0 Å². The molecule has 0 spiro atoms. The Kier molecular flexibility index (Phi) is 7.86. The highest BCUT2D eigenvalue weighted by Crippen LogP contribution is 2.39. The molecular weight excluding hydrogens is 591 g/mol. The largest absolute Gasteiger partial charge is 0.391 e. The maximum atomic E-state index is 13.7. The molecule has 0 saturated carbocycles. The number of hydrogen-bond acceptors (Lipinski definition) is 7. The summed E-state index contributed by atoms with van der Waals surface area (Å²) in [5, 5.41) is 17.4. The summed E-state index contributed by atoms with van der Waals surface area (Å²) in [5.74, 6) is -0.699. The van der Waals surface area contributed by atoms with Crippen molar-refractivity contribution >= 4 is 45.7 Å². The Balaban J connectivity index is 1.50. The summed E-state index contributed by atoms with van der Waals surface area (Å²) in [6, 6.07) is 8.76. The van der Waals surface area contributed by atoms with E-state index in [0.717, 1.165) is 21.7 Å². The first-order valence-corrected chi connectivity index (χ1v) is 13.8. The second-order valence-electron chi connectivity index (χ2n) is 10.4. The summed E-state index contributed by atoms with van der Waals surface area (Å²) < 4.78 is 6.11. The van der Waals surface area contributed by atoms with E-state index in [2.05, 4.69) is 15.5 Å². The van der Waals surface area contributed by atoms with E-state index >= 15 is 0 Å². The van der Waals surface area contributed by atoms with Gasteiger partial charge in [-0.25, -0.2) is 4.98 Å². The number of benzene rings is 1. The van der Waals surface area contributed by atoms with Gasteiger partial charge in [0.25, 0.3) is 0 Å². The van der Waals surface area contributed by atoms with E-state index in [1.165, 1.54) is 4.90 Å². The lowest BCUT2D eigenvalue weighted by Gasteiger charge is -2.33. The highest BCUT2D eigenvalue weighted by atomic mass is 127. The predicted octanol–water partition coefficient (Wildman–Crippen LogP) is 4.68. The molecule has 1 aromatic carbocycles. The third-order valence-electron chi connectivity index (χ3n) is 6.54. The highest BCUT2D eigenvalue weighted by molar-refractivity contribution is 14.1. The first-order chi connectivity index (χ1) is 17.0. The molecule has 3 heterocycles. The van der Waals surface area contributed by atoms with E-state index in [-0.39, 0.29) is 30.8 Å². The summed E-state index contributed by atoms with van der Waals surface area (Å²) >= 11 is 3.64. The first kappa shape index (κ1) is 26.7. The van der Waals surface area contributed by atoms with Crippen LogP contribution in [-0.2, 0) is 9.59 Å². The number of aliphatic hydroxyl groups excluding tert-OH is 1. The van der Waals surface area contributed by atoms with Gasteiger partial charge in [0.1, 0.15) is 15.7 Å². The molecule has 1 saturated heterocycles. The van der Waals surface area contributed by atoms with Gasteiger partial charge in [-0.1, -0.05) is 50.2 Å². The van der Waals surface area contributed by atoms with E-state index in [4.69, 9.17) is 4.52 Å². The van der Waals surface area contributed by atoms with Crippen molar-refractivity contribution < 1.29 is 19.2 Å². The number of β-amino-alcohol motifs (C(OH)–C–C–N with tert-alkyl or cyclic N) is 1. The quantitative estimate of drug-likeness (QED) is 0.387. The lowest BCUT2D eigenvalue weighted by molar-refractivity contribution is -0.142. The van der Waals surface area contributed by atoms with Crippen molar-refractivity contribution in [2.45, 2.75) is 65.1 Å². The lowest BCUT2D eigenvalue weighted by atomic mass is 9.78. The molecule has 1 fully saturated rings. The number of thiazole rings is 1. The van der Waals surface area contributed by atoms with Crippen LogP contribution in [0.2, 0.25) is 0 Å². The third-order valence-corrected chi connectivity index (χ3v) is 8.02. The molecule has 1 aliphatic heterocycles. The van der Waals surface area contributed by atoms with E-state index in [1.54, 1.807) is 17.4 Å². The normalized spacial score (nSPS) is 19.8. The fourth-order valence-electron chi connectivity index (χ4n) is 4.69. The smallest absolute Gasteiger partial charge is 0.243 e. The molecule has 4 rings (SSSR count). The number of hydrogen-bond donors (Lipinski definition) is 2. The summed E-state index contributed by atoms with van der Waals surface area (Å²) in [4.78, 5) is 34.0. The molecule has 0 unspecified atom stereocenters. The summed E-state index contributed by atoms with van der Waals surface area (Å²) in [6.45, 7) is 9.85. The van der Waals surface area contributed by atoms with Gasteiger partial charge in [0.05, 0.1) is 28.2 Å². The van der Waals surface area contributed by atoms with Gasteiger partial charge in [0.15, 0.2) is 5.76 Å². The van der Waals surface area contributed by atoms with Crippen molar-refractivity contribution in [1.29, 1.82) is 0 Å². The molecular formula is C26H31IN4O4S. The molecule has 1 aliphatic rings. The van der Waals surface area contributed by atoms with Crippen LogP contribution in [0.1, 0.15) is 63.1 Å². The average molecular weight is 623 g/mol. The van der Waals surface area contributed by atoms with Crippen LogP contribution in [-0.4, -0.2) is 50.7 Å². The van der Waals surface area contributed by atoms with Gasteiger partial charge in [-0.2, -0.15) is 0 Å². The van der Waals surface area contributed by atoms with Crippen molar-refractivity contribution in [3.8, 4) is 10.4 Å². The van der Waals surface area contributed by atoms with E-state index in [0.29, 0.717) is 9.46 Å².